The molecule has 3 heteroatoms. The van der Waals surface area contributed by atoms with Crippen LogP contribution >= 0.6 is 23.2 Å². The van der Waals surface area contributed by atoms with Gasteiger partial charge in [0.05, 0.1) is 0 Å². The van der Waals surface area contributed by atoms with Crippen molar-refractivity contribution in [2.45, 2.75) is 0 Å². The van der Waals surface area contributed by atoms with Gasteiger partial charge < -0.3 is 0 Å². The minimum absolute atomic E-state index is 0.251. The monoisotopic (exact) mass is 218 g/mol. The predicted molar refractivity (Wildman–Crippen MR) is 27.2 cm³/mol. The summed E-state index contributed by atoms with van der Waals surface area (Å²) in [7, 11) is 0. The first-order chi connectivity index (χ1) is 2.41. The normalized spacial score (nSPS) is 8.40. The first-order valence-electron chi connectivity index (χ1n) is 1.24. The third-order valence-electron chi connectivity index (χ3n) is 0.189. The van der Waals surface area contributed by atoms with Crippen LogP contribution in [-0.2, 0) is 0 Å². The summed E-state index contributed by atoms with van der Waals surface area (Å²) in [6.45, 7) is 0. The van der Waals surface area contributed by atoms with Gasteiger partial charge in [-0.05, 0) is 0 Å². The van der Waals surface area contributed by atoms with Gasteiger partial charge in [-0.25, -0.2) is 0 Å². The molecule has 0 unspecified atom stereocenters. The van der Waals surface area contributed by atoms with Gasteiger partial charge in [-0.3, -0.25) is 0 Å². The first-order valence-corrected chi connectivity index (χ1v) is 6.35. The fourth-order valence-corrected chi connectivity index (χ4v) is 2.16. The van der Waals surface area contributed by atoms with E-state index in [1.165, 1.54) is 0 Å². The second-order valence-electron chi connectivity index (χ2n) is 0.517. The van der Waals surface area contributed by atoms with Gasteiger partial charge in [-0.2, -0.15) is 0 Å². The van der Waals surface area contributed by atoms with Gasteiger partial charge >= 0.3 is 52.1 Å². The predicted octanol–water partition coefficient (Wildman–Crippen LogP) is 1.08. The van der Waals surface area contributed by atoms with Crippen LogP contribution in [-0.4, -0.2) is 28.9 Å². The number of rotatable bonds is 2. The SMILES string of the molecule is Cl[CH2][Sn][CH2]Cl. The Morgan fingerprint density at radius 2 is 1.60 bits per heavy atom. The molecule has 0 bridgehead atoms. The Kier molecular flexibility index (Phi) is 6.86. The number of halogens is 2. The summed E-state index contributed by atoms with van der Waals surface area (Å²) in [4.78, 5) is 0. The molecule has 0 aliphatic heterocycles. The average molecular weight is 218 g/mol. The number of hydrogen-bond acceptors (Lipinski definition) is 0. The van der Waals surface area contributed by atoms with E-state index in [4.69, 9.17) is 23.2 Å². The van der Waals surface area contributed by atoms with Gasteiger partial charge in [0.15, 0.2) is 0 Å². The quantitative estimate of drug-likeness (QED) is 0.480. The number of hydrogen-bond donors (Lipinski definition) is 0. The van der Waals surface area contributed by atoms with Gasteiger partial charge in [0.2, 0.25) is 0 Å². The Hall–Kier alpha value is 1.38. The molecule has 0 aliphatic rings. The second-order valence-corrected chi connectivity index (χ2v) is 7.06. The molecule has 0 saturated heterocycles. The summed E-state index contributed by atoms with van der Waals surface area (Å²) in [5.74, 6) is 0. The van der Waals surface area contributed by atoms with Crippen LogP contribution in [0.25, 0.3) is 0 Å². The zero-order valence-corrected chi connectivity index (χ0v) is 7.04. The molecule has 5 heavy (non-hydrogen) atoms. The Labute approximate surface area is 52.1 Å². The van der Waals surface area contributed by atoms with E-state index in [1.54, 1.807) is 0 Å². The van der Waals surface area contributed by atoms with Crippen molar-refractivity contribution in [1.82, 2.24) is 0 Å². The van der Waals surface area contributed by atoms with Crippen LogP contribution in [0.3, 0.4) is 0 Å². The van der Waals surface area contributed by atoms with Gasteiger partial charge in [-0.1, -0.05) is 0 Å². The topological polar surface area (TPSA) is 0 Å². The summed E-state index contributed by atoms with van der Waals surface area (Å²) in [6, 6.07) is 0. The molecule has 0 spiro atoms. The molecule has 0 atom stereocenters. The van der Waals surface area contributed by atoms with E-state index in [0.717, 1.165) is 7.79 Å². The van der Waals surface area contributed by atoms with E-state index < -0.39 is 0 Å². The zero-order valence-electron chi connectivity index (χ0n) is 2.67. The zero-order chi connectivity index (χ0) is 4.12. The van der Waals surface area contributed by atoms with Crippen LogP contribution in [0.1, 0.15) is 0 Å². The van der Waals surface area contributed by atoms with Crippen LogP contribution in [0.4, 0.5) is 0 Å². The Bertz CT molecular complexity index is 15.1. The van der Waals surface area contributed by atoms with Crippen molar-refractivity contribution in [1.29, 1.82) is 0 Å². The van der Waals surface area contributed by atoms with E-state index >= 15 is 0 Å². The van der Waals surface area contributed by atoms with Crippen molar-refractivity contribution in [3.63, 3.8) is 0 Å². The van der Waals surface area contributed by atoms with Crippen molar-refractivity contribution < 1.29 is 0 Å². The van der Waals surface area contributed by atoms with Crippen molar-refractivity contribution in [3.8, 4) is 0 Å². The molecule has 0 rings (SSSR count). The molecule has 0 aromatic heterocycles. The average Bonchev–Trinajstić information content (AvgIpc) is 1.41. The third-order valence-corrected chi connectivity index (χ3v) is 3.80. The second kappa shape index (κ2) is 5.38. The van der Waals surface area contributed by atoms with Gasteiger partial charge in [0.1, 0.15) is 0 Å². The van der Waals surface area contributed by atoms with E-state index in [-0.39, 0.29) is 21.1 Å². The van der Waals surface area contributed by atoms with Crippen LogP contribution < -0.4 is 0 Å². The molecule has 0 aromatic carbocycles. The molecule has 0 N–H and O–H groups in total. The molecule has 0 aliphatic carbocycles. The number of alkyl halides is 2. The van der Waals surface area contributed by atoms with Crippen LogP contribution in [0.15, 0.2) is 0 Å². The molecule has 0 saturated carbocycles. The van der Waals surface area contributed by atoms with Crippen molar-refractivity contribution in [2.24, 2.45) is 0 Å². The summed E-state index contributed by atoms with van der Waals surface area (Å²) < 4.78 is 1.71. The van der Waals surface area contributed by atoms with Crippen LogP contribution in [0.2, 0.25) is 0 Å². The van der Waals surface area contributed by atoms with E-state index in [9.17, 15) is 0 Å². The molecule has 0 aromatic rings. The van der Waals surface area contributed by atoms with Crippen molar-refractivity contribution in [2.75, 3.05) is 7.79 Å². The maximum absolute atomic E-state index is 5.29. The Morgan fingerprint density at radius 1 is 1.20 bits per heavy atom. The first kappa shape index (κ1) is 6.38. The van der Waals surface area contributed by atoms with E-state index in [1.807, 2.05) is 0 Å². The van der Waals surface area contributed by atoms with Crippen molar-refractivity contribution >= 4 is 44.3 Å². The Morgan fingerprint density at radius 3 is 1.60 bits per heavy atom. The van der Waals surface area contributed by atoms with E-state index in [0.29, 0.717) is 0 Å². The minimum atomic E-state index is -0.251. The summed E-state index contributed by atoms with van der Waals surface area (Å²) in [5.41, 5.74) is 0. The van der Waals surface area contributed by atoms with Gasteiger partial charge in [0.25, 0.3) is 0 Å². The van der Waals surface area contributed by atoms with Crippen LogP contribution in [0, 0.1) is 0 Å². The van der Waals surface area contributed by atoms with Gasteiger partial charge in [0, 0.05) is 0 Å². The standard InChI is InChI=1S/2CH2Cl.Sn/c2*1-2;/h2*1H2;. The molecule has 30 valence electrons. The molecule has 2 radical (unpaired) electrons. The van der Waals surface area contributed by atoms with Crippen molar-refractivity contribution in [3.05, 3.63) is 0 Å². The summed E-state index contributed by atoms with van der Waals surface area (Å²) >= 11 is 10.3. The maximum atomic E-state index is 5.29. The molecule has 0 fully saturated rings. The van der Waals surface area contributed by atoms with E-state index in [2.05, 4.69) is 0 Å². The third kappa shape index (κ3) is 5.38. The molecular formula is C2H4Cl2Sn. The fraction of sp³-hybridized carbons (Fsp3) is 1.00. The molecule has 0 nitrogen and oxygen atoms in total. The molecule has 0 amide bonds. The van der Waals surface area contributed by atoms with Gasteiger partial charge in [-0.15, -0.1) is 0 Å². The fourth-order valence-electron chi connectivity index (χ4n) is 0.0357. The van der Waals surface area contributed by atoms with Crippen LogP contribution in [0.5, 0.6) is 0 Å². The summed E-state index contributed by atoms with van der Waals surface area (Å²) in [6.07, 6.45) is 0. The molecular weight excluding hydrogens is 214 g/mol. The Balaban J connectivity index is 2.19. The molecule has 0 heterocycles. The summed E-state index contributed by atoms with van der Waals surface area (Å²) in [5, 5.41) is 0.